The monoisotopic (exact) mass is 773 g/mol. The fourth-order valence-corrected chi connectivity index (χ4v) is 11.0. The molecule has 0 saturated carbocycles. The van der Waals surface area contributed by atoms with Crippen LogP contribution >= 0.6 is 34.7 Å². The van der Waals surface area contributed by atoms with Crippen LogP contribution in [0.1, 0.15) is 26.6 Å². The number of hydrogen-bond donors (Lipinski definition) is 2. The molecule has 5 aromatic rings. The standard InChI is InChI=1S/C35H29ClF4N6O2S3/c1-18-9-20(51-31-14-25(39)23(37)12-28(31)49-29-13-24(38)26(40)15-32(29)51)10-22(36)21(18)11-27(48)30-17-41-35(50-30)44-33-16-34(43-19(2)42-33)46-5-3-45(4-6-46)7-8-47/h9-10,12-17,47H,3-8,11H2,1-2H3/p+1. The molecule has 0 aliphatic carbocycles. The molecule has 16 heteroatoms. The molecule has 0 bridgehead atoms. The molecule has 2 aliphatic rings. The number of aliphatic hydroxyl groups excluding tert-OH is 1. The third-order valence-electron chi connectivity index (χ3n) is 8.55. The van der Waals surface area contributed by atoms with Crippen LogP contribution in [-0.2, 0) is 17.3 Å². The van der Waals surface area contributed by atoms with E-state index in [9.17, 15) is 27.5 Å². The normalized spacial score (nSPS) is 14.8. The molecule has 2 aromatic heterocycles. The summed E-state index contributed by atoms with van der Waals surface area (Å²) >= 11 is 9.03. The Labute approximate surface area is 307 Å². The molecule has 0 radical (unpaired) electrons. The second-order valence-electron chi connectivity index (χ2n) is 12.0. The number of piperazine rings is 1. The number of carbonyl (C=O) groups excluding carboxylic acids is 1. The van der Waals surface area contributed by atoms with E-state index in [0.29, 0.717) is 63.8 Å². The van der Waals surface area contributed by atoms with Crippen LogP contribution in [-0.4, -0.2) is 70.1 Å². The Balaban J connectivity index is 1.10. The second kappa shape index (κ2) is 14.7. The van der Waals surface area contributed by atoms with Gasteiger partial charge in [-0.1, -0.05) is 34.7 Å². The number of nitrogens with one attached hydrogen (secondary N) is 1. The number of ketones is 1. The number of aryl methyl sites for hydroxylation is 2. The Kier molecular flexibility index (Phi) is 10.3. The predicted molar refractivity (Wildman–Crippen MR) is 191 cm³/mol. The fourth-order valence-electron chi connectivity index (χ4n) is 6.01. The lowest BCUT2D eigenvalue weighted by molar-refractivity contribution is 0.0996. The van der Waals surface area contributed by atoms with Gasteiger partial charge in [0.15, 0.2) is 48.9 Å². The van der Waals surface area contributed by atoms with Gasteiger partial charge in [0.2, 0.25) is 0 Å². The lowest BCUT2D eigenvalue weighted by Gasteiger charge is -2.35. The van der Waals surface area contributed by atoms with E-state index in [1.54, 1.807) is 19.1 Å². The van der Waals surface area contributed by atoms with Crippen LogP contribution in [0.5, 0.6) is 0 Å². The molecule has 4 heterocycles. The van der Waals surface area contributed by atoms with E-state index in [2.05, 4.69) is 30.1 Å². The Morgan fingerprint density at radius 3 is 2.20 bits per heavy atom. The largest absolute Gasteiger partial charge is 0.395 e. The average molecular weight is 774 g/mol. The summed E-state index contributed by atoms with van der Waals surface area (Å²) in [5.74, 6) is -2.47. The van der Waals surface area contributed by atoms with Gasteiger partial charge in [-0.2, -0.15) is 0 Å². The van der Waals surface area contributed by atoms with Crippen LogP contribution in [0.2, 0.25) is 5.02 Å². The van der Waals surface area contributed by atoms with E-state index in [4.69, 9.17) is 11.6 Å². The van der Waals surface area contributed by atoms with E-state index < -0.39 is 34.2 Å². The van der Waals surface area contributed by atoms with Crippen molar-refractivity contribution in [3.05, 3.63) is 98.8 Å². The van der Waals surface area contributed by atoms with Crippen LogP contribution in [0, 0.1) is 37.1 Å². The summed E-state index contributed by atoms with van der Waals surface area (Å²) in [4.78, 5) is 34.0. The van der Waals surface area contributed by atoms with E-state index in [0.717, 1.165) is 68.0 Å². The molecule has 0 amide bonds. The number of aliphatic hydroxyl groups is 1. The topological polar surface area (TPSA) is 94.5 Å². The number of benzene rings is 3. The number of thiazole rings is 1. The zero-order valence-corrected chi connectivity index (χ0v) is 30.5. The Morgan fingerprint density at radius 1 is 0.922 bits per heavy atom. The van der Waals surface area contributed by atoms with Gasteiger partial charge in [-0.25, -0.2) is 32.5 Å². The van der Waals surface area contributed by atoms with Crippen LogP contribution < -0.4 is 10.2 Å². The Hall–Kier alpha value is -3.73. The van der Waals surface area contributed by atoms with Gasteiger partial charge in [-0.3, -0.25) is 9.69 Å². The molecule has 7 rings (SSSR count). The molecular weight excluding hydrogens is 744 g/mol. The van der Waals surface area contributed by atoms with Gasteiger partial charge >= 0.3 is 0 Å². The highest BCUT2D eigenvalue weighted by Crippen LogP contribution is 2.50. The molecule has 0 atom stereocenters. The first-order valence-corrected chi connectivity index (χ1v) is 19.1. The van der Waals surface area contributed by atoms with Crippen molar-refractivity contribution >= 4 is 68.1 Å². The highest BCUT2D eigenvalue weighted by atomic mass is 35.5. The maximum absolute atomic E-state index is 14.5. The summed E-state index contributed by atoms with van der Waals surface area (Å²) < 4.78 is 57.5. The van der Waals surface area contributed by atoms with Gasteiger partial charge in [0.25, 0.3) is 0 Å². The number of hydrogen-bond acceptors (Lipinski definition) is 10. The lowest BCUT2D eigenvalue weighted by Crippen LogP contribution is -2.47. The van der Waals surface area contributed by atoms with E-state index in [1.165, 1.54) is 17.5 Å². The van der Waals surface area contributed by atoms with Crippen molar-refractivity contribution in [2.45, 2.75) is 44.7 Å². The number of anilines is 3. The SMILES string of the molecule is Cc1nc(Nc2ncc(C(=O)Cc3c(C)cc([S+]4c5cc(F)c(F)cc5Sc5cc(F)c(F)cc54)cc3Cl)s2)cc(N2CCN(CCO)CC2)n1. The highest BCUT2D eigenvalue weighted by Gasteiger charge is 2.41. The van der Waals surface area contributed by atoms with Crippen molar-refractivity contribution in [2.75, 3.05) is 49.5 Å². The maximum atomic E-state index is 14.5. The van der Waals surface area contributed by atoms with Crippen molar-refractivity contribution < 1.29 is 27.5 Å². The summed E-state index contributed by atoms with van der Waals surface area (Å²) in [5, 5.41) is 13.2. The lowest BCUT2D eigenvalue weighted by atomic mass is 10.0. The Bertz CT molecular complexity index is 2080. The zero-order chi connectivity index (χ0) is 36.0. The molecule has 51 heavy (non-hydrogen) atoms. The second-order valence-corrected chi connectivity index (χ2v) is 16.5. The third-order valence-corrected chi connectivity index (χ3v) is 13.5. The van der Waals surface area contributed by atoms with Gasteiger partial charge in [0.05, 0.1) is 27.5 Å². The Morgan fingerprint density at radius 2 is 1.57 bits per heavy atom. The number of halogens is 5. The zero-order valence-electron chi connectivity index (χ0n) is 27.3. The van der Waals surface area contributed by atoms with Crippen LogP contribution in [0.4, 0.5) is 34.3 Å². The minimum atomic E-state index is -1.14. The van der Waals surface area contributed by atoms with E-state index in [-0.39, 0.29) is 23.8 Å². The number of fused-ring (bicyclic) bond motifs is 2. The van der Waals surface area contributed by atoms with E-state index in [1.807, 2.05) is 13.0 Å². The van der Waals surface area contributed by atoms with Crippen molar-refractivity contribution in [3.8, 4) is 0 Å². The predicted octanol–water partition coefficient (Wildman–Crippen LogP) is 7.60. The number of rotatable bonds is 9. The number of aromatic nitrogens is 3. The molecule has 0 spiro atoms. The molecule has 1 saturated heterocycles. The van der Waals surface area contributed by atoms with Crippen LogP contribution in [0.25, 0.3) is 0 Å². The number of Topliss-reactive ketones (excluding diaryl/α,β-unsaturated/α-hetero) is 1. The smallest absolute Gasteiger partial charge is 0.188 e. The van der Waals surface area contributed by atoms with Gasteiger partial charge < -0.3 is 15.3 Å². The molecule has 1 fully saturated rings. The summed E-state index contributed by atoms with van der Waals surface area (Å²) in [6.07, 6.45) is 1.47. The van der Waals surface area contributed by atoms with Crippen molar-refractivity contribution in [3.63, 3.8) is 0 Å². The van der Waals surface area contributed by atoms with Crippen molar-refractivity contribution in [1.29, 1.82) is 0 Å². The summed E-state index contributed by atoms with van der Waals surface area (Å²) in [6.45, 7) is 7.56. The van der Waals surface area contributed by atoms with Crippen LogP contribution in [0.3, 0.4) is 0 Å². The number of carbonyl (C=O) groups is 1. The first-order chi connectivity index (χ1) is 24.5. The molecule has 264 valence electrons. The molecule has 8 nitrogen and oxygen atoms in total. The van der Waals surface area contributed by atoms with Crippen molar-refractivity contribution in [2.24, 2.45) is 0 Å². The molecule has 0 unspecified atom stereocenters. The van der Waals surface area contributed by atoms with Gasteiger partial charge in [-0.15, -0.1) is 0 Å². The molecule has 3 aromatic carbocycles. The maximum Gasteiger partial charge on any atom is 0.188 e. The summed E-state index contributed by atoms with van der Waals surface area (Å²) in [7, 11) is -1.14. The third kappa shape index (κ3) is 7.46. The quantitative estimate of drug-likeness (QED) is 0.0876. The molecule has 2 aliphatic heterocycles. The molecular formula is C35H30ClF4N6O2S3+. The minimum absolute atomic E-state index is 0.0257. The minimum Gasteiger partial charge on any atom is -0.395 e. The first-order valence-electron chi connectivity index (χ1n) is 15.9. The molecule has 2 N–H and O–H groups in total. The summed E-state index contributed by atoms with van der Waals surface area (Å²) in [5.41, 5.74) is 1.25. The average Bonchev–Trinajstić information content (AvgIpc) is 3.55. The van der Waals surface area contributed by atoms with E-state index >= 15 is 0 Å². The van der Waals surface area contributed by atoms with Gasteiger partial charge in [0, 0.05) is 68.4 Å². The summed E-state index contributed by atoms with van der Waals surface area (Å²) in [6, 6.07) is 9.59. The number of nitrogens with zero attached hydrogens (tertiary/aromatic N) is 5. The van der Waals surface area contributed by atoms with Crippen LogP contribution in [0.15, 0.2) is 73.1 Å². The van der Waals surface area contributed by atoms with Crippen molar-refractivity contribution in [1.82, 2.24) is 19.9 Å². The highest BCUT2D eigenvalue weighted by molar-refractivity contribution is 8.04. The van der Waals surface area contributed by atoms with Gasteiger partial charge in [-0.05, 0) is 43.2 Å². The van der Waals surface area contributed by atoms with Gasteiger partial charge in [0.1, 0.15) is 28.4 Å². The first kappa shape index (κ1) is 35.7. The fraction of sp³-hybridized carbons (Fsp3) is 0.257. The number of β-amino-alcohol motifs (C(OH)–C–C–N with tert-alkyl or cyclic N) is 1.